The summed E-state index contributed by atoms with van der Waals surface area (Å²) in [4.78, 5) is 25.9. The number of anilines is 1. The van der Waals surface area contributed by atoms with Crippen LogP contribution in [0.3, 0.4) is 0 Å². The van der Waals surface area contributed by atoms with Crippen molar-refractivity contribution in [1.82, 2.24) is 19.7 Å². The summed E-state index contributed by atoms with van der Waals surface area (Å²) in [5, 5.41) is 10.7. The van der Waals surface area contributed by atoms with Crippen LogP contribution in [-0.4, -0.2) is 20.4 Å². The summed E-state index contributed by atoms with van der Waals surface area (Å²) in [5.41, 5.74) is 5.15. The maximum Gasteiger partial charge on any atom is 0.320 e. The molecule has 0 aliphatic rings. The highest BCUT2D eigenvalue weighted by Gasteiger charge is 2.21. The maximum absolute atomic E-state index is 13.0. The molecular weight excluding hydrogens is 538 g/mol. The number of rotatable bonds is 9. The van der Waals surface area contributed by atoms with Gasteiger partial charge in [-0.25, -0.2) is 9.48 Å². The number of ether oxygens (including phenoxy) is 1. The van der Waals surface area contributed by atoms with E-state index in [2.05, 4.69) is 31.4 Å². The molecular formula is C35H37N5O3. The molecule has 0 unspecified atom stereocenters. The van der Waals surface area contributed by atoms with Crippen molar-refractivity contribution >= 4 is 11.8 Å². The predicted octanol–water partition coefficient (Wildman–Crippen LogP) is 6.59. The Bertz CT molecular complexity index is 1750. The lowest BCUT2D eigenvalue weighted by Crippen LogP contribution is -2.29. The zero-order valence-corrected chi connectivity index (χ0v) is 25.0. The molecule has 2 heterocycles. The topological polar surface area (TPSA) is 90.2 Å². The van der Waals surface area contributed by atoms with Crippen molar-refractivity contribution in [3.63, 3.8) is 0 Å². The first-order valence-electron chi connectivity index (χ1n) is 14.3. The van der Waals surface area contributed by atoms with Crippen molar-refractivity contribution in [1.29, 1.82) is 0 Å². The summed E-state index contributed by atoms with van der Waals surface area (Å²) in [5.74, 6) is 1.10. The van der Waals surface area contributed by atoms with E-state index in [4.69, 9.17) is 9.84 Å². The minimum absolute atomic E-state index is 0.116. The van der Waals surface area contributed by atoms with Gasteiger partial charge in [0, 0.05) is 29.8 Å². The second kappa shape index (κ2) is 12.8. The fourth-order valence-electron chi connectivity index (χ4n) is 4.72. The highest BCUT2D eigenvalue weighted by atomic mass is 16.5. The van der Waals surface area contributed by atoms with Crippen LogP contribution in [0.15, 0.2) is 108 Å². The van der Waals surface area contributed by atoms with Crippen molar-refractivity contribution in [2.45, 2.75) is 52.8 Å². The van der Waals surface area contributed by atoms with Gasteiger partial charge in [0.25, 0.3) is 5.56 Å². The van der Waals surface area contributed by atoms with Gasteiger partial charge in [0.05, 0.1) is 17.9 Å². The van der Waals surface area contributed by atoms with E-state index in [1.807, 2.05) is 104 Å². The largest absolute Gasteiger partial charge is 0.489 e. The standard InChI is InChI=1S/C35H37N5O3/c1-25-19-30(20-33(41)39(25)23-26-13-7-5-8-14-26)43-24-28-16-12-11-15-27(28)22-36-34(42)37-32-21-31(35(2,3)4)38-40(32)29-17-9-6-10-18-29/h5-21H,22-24H2,1-4H3,(H2,36,37,42). The molecule has 8 heteroatoms. The van der Waals surface area contributed by atoms with E-state index in [0.717, 1.165) is 33.8 Å². The number of hydrogen-bond donors (Lipinski definition) is 2. The van der Waals surface area contributed by atoms with Crippen LogP contribution in [0, 0.1) is 6.92 Å². The van der Waals surface area contributed by atoms with Gasteiger partial charge in [0.15, 0.2) is 0 Å². The number of para-hydroxylation sites is 1. The Labute approximate surface area is 252 Å². The highest BCUT2D eigenvalue weighted by Crippen LogP contribution is 2.26. The first kappa shape index (κ1) is 29.4. The number of carbonyl (C=O) groups is 1. The Kier molecular flexibility index (Phi) is 8.76. The number of benzene rings is 3. The fraction of sp³-hybridized carbons (Fsp3) is 0.229. The second-order valence-electron chi connectivity index (χ2n) is 11.5. The predicted molar refractivity (Wildman–Crippen MR) is 170 cm³/mol. The molecule has 0 aliphatic heterocycles. The smallest absolute Gasteiger partial charge is 0.320 e. The zero-order valence-electron chi connectivity index (χ0n) is 25.0. The number of urea groups is 1. The van der Waals surface area contributed by atoms with Crippen LogP contribution < -0.4 is 20.9 Å². The Hall–Kier alpha value is -5.11. The summed E-state index contributed by atoms with van der Waals surface area (Å²) in [7, 11) is 0. The quantitative estimate of drug-likeness (QED) is 0.208. The lowest BCUT2D eigenvalue weighted by atomic mass is 9.92. The lowest BCUT2D eigenvalue weighted by molar-refractivity contribution is 0.251. The van der Waals surface area contributed by atoms with Gasteiger partial charge in [0.2, 0.25) is 0 Å². The van der Waals surface area contributed by atoms with Gasteiger partial charge >= 0.3 is 6.03 Å². The second-order valence-corrected chi connectivity index (χ2v) is 11.5. The highest BCUT2D eigenvalue weighted by molar-refractivity contribution is 5.88. The molecule has 2 amide bonds. The SMILES string of the molecule is Cc1cc(OCc2ccccc2CNC(=O)Nc2cc(C(C)(C)C)nn2-c2ccccc2)cc(=O)n1Cc1ccccc1. The Morgan fingerprint density at radius 1 is 0.860 bits per heavy atom. The molecule has 2 aromatic heterocycles. The molecule has 5 rings (SSSR count). The van der Waals surface area contributed by atoms with Gasteiger partial charge in [0.1, 0.15) is 18.2 Å². The number of nitrogens with zero attached hydrogens (tertiary/aromatic N) is 3. The minimum Gasteiger partial charge on any atom is -0.489 e. The van der Waals surface area contributed by atoms with Crippen molar-refractivity contribution in [3.05, 3.63) is 142 Å². The lowest BCUT2D eigenvalue weighted by Gasteiger charge is -2.15. The van der Waals surface area contributed by atoms with E-state index in [1.165, 1.54) is 6.07 Å². The van der Waals surface area contributed by atoms with Crippen molar-refractivity contribution in [2.75, 3.05) is 5.32 Å². The molecule has 0 atom stereocenters. The van der Waals surface area contributed by atoms with E-state index in [9.17, 15) is 9.59 Å². The summed E-state index contributed by atoms with van der Waals surface area (Å²) < 4.78 is 9.52. The van der Waals surface area contributed by atoms with Crippen LogP contribution in [0.5, 0.6) is 5.75 Å². The normalized spacial score (nSPS) is 11.3. The monoisotopic (exact) mass is 575 g/mol. The number of pyridine rings is 1. The first-order chi connectivity index (χ1) is 20.7. The van der Waals surface area contributed by atoms with Crippen LogP contribution in [0.25, 0.3) is 5.69 Å². The van der Waals surface area contributed by atoms with Gasteiger partial charge < -0.3 is 14.6 Å². The van der Waals surface area contributed by atoms with Crippen molar-refractivity contribution < 1.29 is 9.53 Å². The summed E-state index contributed by atoms with van der Waals surface area (Å²) >= 11 is 0. The Morgan fingerprint density at radius 2 is 1.51 bits per heavy atom. The first-order valence-corrected chi connectivity index (χ1v) is 14.3. The third-order valence-electron chi connectivity index (χ3n) is 7.16. The number of hydrogen-bond acceptors (Lipinski definition) is 4. The molecule has 0 bridgehead atoms. The van der Waals surface area contributed by atoms with Crippen molar-refractivity contribution in [2.24, 2.45) is 0 Å². The number of carbonyl (C=O) groups excluding carboxylic acids is 1. The third-order valence-corrected chi connectivity index (χ3v) is 7.16. The molecule has 3 aromatic carbocycles. The van der Waals surface area contributed by atoms with E-state index < -0.39 is 0 Å². The number of nitrogens with one attached hydrogen (secondary N) is 2. The number of aryl methyl sites for hydroxylation is 1. The fourth-order valence-corrected chi connectivity index (χ4v) is 4.72. The Balaban J connectivity index is 1.24. The van der Waals surface area contributed by atoms with Crippen LogP contribution in [0.4, 0.5) is 10.6 Å². The maximum atomic E-state index is 13.0. The molecule has 0 fully saturated rings. The molecule has 0 aliphatic carbocycles. The zero-order chi connectivity index (χ0) is 30.4. The number of amides is 2. The molecule has 5 aromatic rings. The van der Waals surface area contributed by atoms with Crippen molar-refractivity contribution in [3.8, 4) is 11.4 Å². The number of aromatic nitrogens is 3. The van der Waals surface area contributed by atoms with E-state index in [0.29, 0.717) is 24.7 Å². The molecule has 2 N–H and O–H groups in total. The Morgan fingerprint density at radius 3 is 2.19 bits per heavy atom. The molecule has 0 saturated carbocycles. The van der Waals surface area contributed by atoms with E-state index in [-0.39, 0.29) is 23.6 Å². The minimum atomic E-state index is -0.342. The van der Waals surface area contributed by atoms with Gasteiger partial charge in [-0.3, -0.25) is 10.1 Å². The van der Waals surface area contributed by atoms with Gasteiger partial charge in [-0.15, -0.1) is 0 Å². The molecule has 8 nitrogen and oxygen atoms in total. The molecule has 0 saturated heterocycles. The average Bonchev–Trinajstić information content (AvgIpc) is 3.43. The molecule has 220 valence electrons. The summed E-state index contributed by atoms with van der Waals surface area (Å²) in [6, 6.07) is 32.3. The van der Waals surface area contributed by atoms with Gasteiger partial charge in [-0.1, -0.05) is 93.6 Å². The van der Waals surface area contributed by atoms with Crippen LogP contribution in [-0.2, 0) is 25.1 Å². The summed E-state index contributed by atoms with van der Waals surface area (Å²) in [6.07, 6.45) is 0. The molecule has 0 radical (unpaired) electrons. The average molecular weight is 576 g/mol. The summed E-state index contributed by atoms with van der Waals surface area (Å²) in [6.45, 7) is 9.24. The third kappa shape index (κ3) is 7.40. The van der Waals surface area contributed by atoms with Gasteiger partial charge in [-0.05, 0) is 41.8 Å². The van der Waals surface area contributed by atoms with E-state index in [1.54, 1.807) is 9.25 Å². The van der Waals surface area contributed by atoms with Gasteiger partial charge in [-0.2, -0.15) is 5.10 Å². The van der Waals surface area contributed by atoms with Crippen LogP contribution >= 0.6 is 0 Å². The van der Waals surface area contributed by atoms with E-state index >= 15 is 0 Å². The molecule has 0 spiro atoms. The van der Waals surface area contributed by atoms with Crippen LogP contribution in [0.1, 0.15) is 48.8 Å². The van der Waals surface area contributed by atoms with Crippen LogP contribution in [0.2, 0.25) is 0 Å². The molecule has 43 heavy (non-hydrogen) atoms.